The van der Waals surface area contributed by atoms with Crippen molar-refractivity contribution < 1.29 is 18.3 Å². The SMILES string of the molecule is Cc1cc(NS(C)(=O)=O)cc(C(=O)O)c1C. The fraction of sp³-hybridized carbons (Fsp3) is 0.300. The Kier molecular flexibility index (Phi) is 3.23. The first kappa shape index (κ1) is 12.5. The minimum absolute atomic E-state index is 0.103. The minimum Gasteiger partial charge on any atom is -0.478 e. The molecule has 0 aromatic heterocycles. The largest absolute Gasteiger partial charge is 0.478 e. The molecule has 0 saturated carbocycles. The molecular formula is C10H13NO4S. The van der Waals surface area contributed by atoms with Crippen LogP contribution in [0, 0.1) is 13.8 Å². The van der Waals surface area contributed by atoms with E-state index in [4.69, 9.17) is 5.11 Å². The van der Waals surface area contributed by atoms with Gasteiger partial charge in [-0.15, -0.1) is 0 Å². The average molecular weight is 243 g/mol. The molecule has 16 heavy (non-hydrogen) atoms. The molecule has 0 fully saturated rings. The number of anilines is 1. The van der Waals surface area contributed by atoms with Crippen LogP contribution in [0.15, 0.2) is 12.1 Å². The molecule has 1 aromatic rings. The molecule has 0 spiro atoms. The number of carbonyl (C=O) groups is 1. The van der Waals surface area contributed by atoms with E-state index < -0.39 is 16.0 Å². The second-order valence-corrected chi connectivity index (χ2v) is 5.39. The van der Waals surface area contributed by atoms with E-state index in [0.29, 0.717) is 5.56 Å². The zero-order valence-electron chi connectivity index (χ0n) is 9.23. The van der Waals surface area contributed by atoms with Gasteiger partial charge in [0.2, 0.25) is 10.0 Å². The van der Waals surface area contributed by atoms with Gasteiger partial charge < -0.3 is 5.11 Å². The van der Waals surface area contributed by atoms with E-state index >= 15 is 0 Å². The molecule has 1 rings (SSSR count). The molecule has 0 aliphatic rings. The minimum atomic E-state index is -3.39. The number of aromatic carboxylic acids is 1. The van der Waals surface area contributed by atoms with Crippen LogP contribution in [-0.2, 0) is 10.0 Å². The van der Waals surface area contributed by atoms with Gasteiger partial charge in [0.1, 0.15) is 0 Å². The van der Waals surface area contributed by atoms with Gasteiger partial charge in [0.05, 0.1) is 11.8 Å². The normalized spacial score (nSPS) is 11.2. The number of rotatable bonds is 3. The molecule has 0 unspecified atom stereocenters. The molecule has 0 saturated heterocycles. The maximum atomic E-state index is 11.0. The number of hydrogen-bond donors (Lipinski definition) is 2. The van der Waals surface area contributed by atoms with Gasteiger partial charge in [0, 0.05) is 5.69 Å². The van der Waals surface area contributed by atoms with Crippen molar-refractivity contribution >= 4 is 21.7 Å². The van der Waals surface area contributed by atoms with Crippen molar-refractivity contribution in [3.05, 3.63) is 28.8 Å². The molecule has 2 N–H and O–H groups in total. The van der Waals surface area contributed by atoms with Gasteiger partial charge in [-0.3, -0.25) is 4.72 Å². The smallest absolute Gasteiger partial charge is 0.336 e. The Bertz CT molecular complexity index is 534. The van der Waals surface area contributed by atoms with Gasteiger partial charge in [-0.05, 0) is 37.1 Å². The number of sulfonamides is 1. The number of benzene rings is 1. The Balaban J connectivity index is 3.30. The summed E-state index contributed by atoms with van der Waals surface area (Å²) >= 11 is 0. The monoisotopic (exact) mass is 243 g/mol. The first-order chi connectivity index (χ1) is 7.20. The van der Waals surface area contributed by atoms with E-state index in [-0.39, 0.29) is 11.3 Å². The van der Waals surface area contributed by atoms with Crippen LogP contribution < -0.4 is 4.72 Å². The van der Waals surface area contributed by atoms with Crippen LogP contribution in [0.2, 0.25) is 0 Å². The van der Waals surface area contributed by atoms with Crippen LogP contribution in [0.4, 0.5) is 5.69 Å². The number of carboxylic acid groups (broad SMARTS) is 1. The predicted octanol–water partition coefficient (Wildman–Crippen LogP) is 1.37. The predicted molar refractivity (Wildman–Crippen MR) is 61.3 cm³/mol. The van der Waals surface area contributed by atoms with E-state index in [9.17, 15) is 13.2 Å². The average Bonchev–Trinajstić information content (AvgIpc) is 2.07. The van der Waals surface area contributed by atoms with Crippen LogP contribution in [0.3, 0.4) is 0 Å². The zero-order valence-corrected chi connectivity index (χ0v) is 10.1. The quantitative estimate of drug-likeness (QED) is 0.839. The van der Waals surface area contributed by atoms with Crippen molar-refractivity contribution in [2.45, 2.75) is 13.8 Å². The maximum absolute atomic E-state index is 11.0. The first-order valence-electron chi connectivity index (χ1n) is 4.53. The summed E-state index contributed by atoms with van der Waals surface area (Å²) in [4.78, 5) is 10.9. The molecule has 0 radical (unpaired) electrons. The fourth-order valence-corrected chi connectivity index (χ4v) is 1.90. The van der Waals surface area contributed by atoms with Crippen LogP contribution in [0.25, 0.3) is 0 Å². The van der Waals surface area contributed by atoms with Crippen molar-refractivity contribution in [2.24, 2.45) is 0 Å². The van der Waals surface area contributed by atoms with Gasteiger partial charge in [-0.1, -0.05) is 0 Å². The first-order valence-corrected chi connectivity index (χ1v) is 6.42. The van der Waals surface area contributed by atoms with Crippen LogP contribution >= 0.6 is 0 Å². The standard InChI is InChI=1S/C10H13NO4S/c1-6-4-8(11-16(3,14)15)5-9(7(6)2)10(12)13/h4-5,11H,1-3H3,(H,12,13). The summed E-state index contributed by atoms with van der Waals surface area (Å²) < 4.78 is 24.3. The summed E-state index contributed by atoms with van der Waals surface area (Å²) in [5.41, 5.74) is 1.73. The van der Waals surface area contributed by atoms with Gasteiger partial charge in [0.25, 0.3) is 0 Å². The molecule has 0 bridgehead atoms. The number of carboxylic acids is 1. The molecule has 6 heteroatoms. The Morgan fingerprint density at radius 1 is 1.31 bits per heavy atom. The van der Waals surface area contributed by atoms with E-state index in [1.54, 1.807) is 19.9 Å². The van der Waals surface area contributed by atoms with Gasteiger partial charge in [-0.2, -0.15) is 0 Å². The third-order valence-electron chi connectivity index (χ3n) is 2.20. The Hall–Kier alpha value is -1.56. The van der Waals surface area contributed by atoms with Crippen molar-refractivity contribution in [2.75, 3.05) is 11.0 Å². The molecule has 1 aromatic carbocycles. The Labute approximate surface area is 94.2 Å². The second kappa shape index (κ2) is 4.13. The number of nitrogens with one attached hydrogen (secondary N) is 1. The molecule has 5 nitrogen and oxygen atoms in total. The van der Waals surface area contributed by atoms with Crippen molar-refractivity contribution in [3.8, 4) is 0 Å². The number of hydrogen-bond acceptors (Lipinski definition) is 3. The van der Waals surface area contributed by atoms with E-state index in [0.717, 1.165) is 11.8 Å². The van der Waals surface area contributed by atoms with Gasteiger partial charge in [-0.25, -0.2) is 13.2 Å². The molecule has 88 valence electrons. The lowest BCUT2D eigenvalue weighted by Crippen LogP contribution is -2.11. The van der Waals surface area contributed by atoms with E-state index in [2.05, 4.69) is 4.72 Å². The summed E-state index contributed by atoms with van der Waals surface area (Å²) in [5, 5.41) is 8.94. The third kappa shape index (κ3) is 2.96. The highest BCUT2D eigenvalue weighted by atomic mass is 32.2. The number of aryl methyl sites for hydroxylation is 1. The summed E-state index contributed by atoms with van der Waals surface area (Å²) in [6.07, 6.45) is 1.02. The highest BCUT2D eigenvalue weighted by molar-refractivity contribution is 7.92. The fourth-order valence-electron chi connectivity index (χ4n) is 1.35. The lowest BCUT2D eigenvalue weighted by Gasteiger charge is -2.10. The second-order valence-electron chi connectivity index (χ2n) is 3.65. The van der Waals surface area contributed by atoms with Crippen molar-refractivity contribution in [1.82, 2.24) is 0 Å². The summed E-state index contributed by atoms with van der Waals surface area (Å²) in [6, 6.07) is 2.91. The van der Waals surface area contributed by atoms with Gasteiger partial charge in [0.15, 0.2) is 0 Å². The highest BCUT2D eigenvalue weighted by Gasteiger charge is 2.12. The van der Waals surface area contributed by atoms with Crippen LogP contribution in [0.5, 0.6) is 0 Å². The zero-order chi connectivity index (χ0) is 12.5. The lowest BCUT2D eigenvalue weighted by molar-refractivity contribution is 0.0696. The summed E-state index contributed by atoms with van der Waals surface area (Å²) in [6.45, 7) is 3.41. The maximum Gasteiger partial charge on any atom is 0.336 e. The van der Waals surface area contributed by atoms with E-state index in [1.807, 2.05) is 0 Å². The molecule has 0 atom stereocenters. The van der Waals surface area contributed by atoms with Crippen LogP contribution in [-0.4, -0.2) is 25.7 Å². The molecular weight excluding hydrogens is 230 g/mol. The molecule has 0 amide bonds. The Morgan fingerprint density at radius 2 is 1.88 bits per heavy atom. The summed E-state index contributed by atoms with van der Waals surface area (Å²) in [7, 11) is -3.39. The topological polar surface area (TPSA) is 83.5 Å². The third-order valence-corrected chi connectivity index (χ3v) is 2.81. The highest BCUT2D eigenvalue weighted by Crippen LogP contribution is 2.20. The molecule has 0 aliphatic carbocycles. The lowest BCUT2D eigenvalue weighted by atomic mass is 10.0. The van der Waals surface area contributed by atoms with E-state index in [1.165, 1.54) is 6.07 Å². The van der Waals surface area contributed by atoms with Gasteiger partial charge >= 0.3 is 5.97 Å². The Morgan fingerprint density at radius 3 is 2.31 bits per heavy atom. The van der Waals surface area contributed by atoms with Crippen molar-refractivity contribution in [3.63, 3.8) is 0 Å². The molecule has 0 heterocycles. The van der Waals surface area contributed by atoms with Crippen LogP contribution in [0.1, 0.15) is 21.5 Å². The van der Waals surface area contributed by atoms with Crippen molar-refractivity contribution in [1.29, 1.82) is 0 Å². The summed E-state index contributed by atoms with van der Waals surface area (Å²) in [5.74, 6) is -1.07. The molecule has 0 aliphatic heterocycles.